The van der Waals surface area contributed by atoms with Gasteiger partial charge in [0.1, 0.15) is 5.82 Å². The lowest BCUT2D eigenvalue weighted by atomic mass is 10.1. The number of nitrogens with one attached hydrogen (secondary N) is 1. The van der Waals surface area contributed by atoms with Crippen molar-refractivity contribution in [2.45, 2.75) is 6.04 Å². The molecule has 16 heavy (non-hydrogen) atoms. The molecular weight excluding hydrogens is 279 g/mol. The Morgan fingerprint density at radius 2 is 2.31 bits per heavy atom. The molecule has 88 valence electrons. The van der Waals surface area contributed by atoms with Crippen molar-refractivity contribution in [3.63, 3.8) is 0 Å². The summed E-state index contributed by atoms with van der Waals surface area (Å²) in [4.78, 5) is 10.8. The van der Waals surface area contributed by atoms with Crippen molar-refractivity contribution in [2.24, 2.45) is 5.73 Å². The maximum atomic E-state index is 13.1. The summed E-state index contributed by atoms with van der Waals surface area (Å²) in [5.41, 5.74) is 6.38. The van der Waals surface area contributed by atoms with E-state index in [0.29, 0.717) is 10.0 Å². The van der Waals surface area contributed by atoms with Crippen LogP contribution in [0.2, 0.25) is 0 Å². The van der Waals surface area contributed by atoms with E-state index < -0.39 is 12.1 Å². The second-order valence-corrected chi connectivity index (χ2v) is 4.10. The summed E-state index contributed by atoms with van der Waals surface area (Å²) in [5, 5.41) is 2.45. The number of carbonyl (C=O) groups excluding carboxylic acids is 1. The molecule has 0 aliphatic carbocycles. The zero-order chi connectivity index (χ0) is 12.1. The van der Waals surface area contributed by atoms with Gasteiger partial charge in [-0.2, -0.15) is 0 Å². The van der Waals surface area contributed by atoms with E-state index in [4.69, 9.17) is 5.73 Å². The number of amides is 1. The van der Waals surface area contributed by atoms with Gasteiger partial charge in [0.05, 0.1) is 7.11 Å². The lowest BCUT2D eigenvalue weighted by Gasteiger charge is -2.13. The number of ether oxygens (including phenoxy) is 1. The maximum absolute atomic E-state index is 13.1. The van der Waals surface area contributed by atoms with Crippen LogP contribution in [-0.2, 0) is 4.74 Å². The quantitative estimate of drug-likeness (QED) is 0.894. The standard InChI is InChI=1S/C10H12BrFN2O2/c1-16-10(15)14-5-9(13)6-2-7(11)4-8(12)3-6/h2-4,9H,5,13H2,1H3,(H,14,15). The molecule has 1 unspecified atom stereocenters. The average molecular weight is 291 g/mol. The number of hydrogen-bond donors (Lipinski definition) is 2. The smallest absolute Gasteiger partial charge is 0.406 e. The third kappa shape index (κ3) is 3.79. The summed E-state index contributed by atoms with van der Waals surface area (Å²) in [6, 6.07) is 3.89. The van der Waals surface area contributed by atoms with Crippen LogP contribution in [0.4, 0.5) is 9.18 Å². The fraction of sp³-hybridized carbons (Fsp3) is 0.300. The van der Waals surface area contributed by atoms with Crippen molar-refractivity contribution in [3.8, 4) is 0 Å². The lowest BCUT2D eigenvalue weighted by Crippen LogP contribution is -2.31. The molecule has 1 aromatic carbocycles. The minimum absolute atomic E-state index is 0.183. The predicted octanol–water partition coefficient (Wildman–Crippen LogP) is 1.94. The second kappa shape index (κ2) is 5.81. The second-order valence-electron chi connectivity index (χ2n) is 3.18. The highest BCUT2D eigenvalue weighted by molar-refractivity contribution is 9.10. The Kier molecular flexibility index (Phi) is 4.70. The first kappa shape index (κ1) is 12.9. The molecule has 0 aliphatic rings. The van der Waals surface area contributed by atoms with Gasteiger partial charge < -0.3 is 15.8 Å². The molecule has 0 spiro atoms. The van der Waals surface area contributed by atoms with Gasteiger partial charge in [-0.1, -0.05) is 15.9 Å². The zero-order valence-electron chi connectivity index (χ0n) is 8.67. The molecule has 4 nitrogen and oxygen atoms in total. The summed E-state index contributed by atoms with van der Waals surface area (Å²) >= 11 is 3.17. The Bertz CT molecular complexity index is 367. The number of halogens is 2. The monoisotopic (exact) mass is 290 g/mol. The SMILES string of the molecule is COC(=O)NCC(N)c1cc(F)cc(Br)c1. The van der Waals surface area contributed by atoms with Crippen LogP contribution in [0, 0.1) is 5.82 Å². The summed E-state index contributed by atoms with van der Waals surface area (Å²) in [5.74, 6) is -0.377. The number of methoxy groups -OCH3 is 1. The molecule has 0 bridgehead atoms. The van der Waals surface area contributed by atoms with E-state index in [9.17, 15) is 9.18 Å². The van der Waals surface area contributed by atoms with E-state index in [1.54, 1.807) is 6.07 Å². The van der Waals surface area contributed by atoms with E-state index in [2.05, 4.69) is 26.0 Å². The third-order valence-corrected chi connectivity index (χ3v) is 2.42. The molecule has 1 rings (SSSR count). The molecule has 0 heterocycles. The highest BCUT2D eigenvalue weighted by Crippen LogP contribution is 2.18. The normalized spacial score (nSPS) is 12.0. The van der Waals surface area contributed by atoms with Gasteiger partial charge in [0.15, 0.2) is 0 Å². The fourth-order valence-electron chi connectivity index (χ4n) is 1.17. The van der Waals surface area contributed by atoms with Crippen molar-refractivity contribution >= 4 is 22.0 Å². The lowest BCUT2D eigenvalue weighted by molar-refractivity contribution is 0.170. The molecular formula is C10H12BrFN2O2. The molecule has 6 heteroatoms. The van der Waals surface area contributed by atoms with Crippen molar-refractivity contribution in [3.05, 3.63) is 34.1 Å². The molecule has 0 fully saturated rings. The largest absolute Gasteiger partial charge is 0.453 e. The number of benzene rings is 1. The maximum Gasteiger partial charge on any atom is 0.406 e. The summed E-state index contributed by atoms with van der Waals surface area (Å²) in [7, 11) is 1.26. The van der Waals surface area contributed by atoms with E-state index >= 15 is 0 Å². The molecule has 1 amide bonds. The van der Waals surface area contributed by atoms with Crippen molar-refractivity contribution in [2.75, 3.05) is 13.7 Å². The Labute approximate surface area is 101 Å². The van der Waals surface area contributed by atoms with Crippen LogP contribution >= 0.6 is 15.9 Å². The van der Waals surface area contributed by atoms with E-state index in [1.807, 2.05) is 0 Å². The van der Waals surface area contributed by atoms with Crippen LogP contribution in [0.15, 0.2) is 22.7 Å². The fourth-order valence-corrected chi connectivity index (χ4v) is 1.66. The first-order chi connectivity index (χ1) is 7.52. The van der Waals surface area contributed by atoms with Crippen LogP contribution in [0.25, 0.3) is 0 Å². The van der Waals surface area contributed by atoms with Crippen LogP contribution in [0.5, 0.6) is 0 Å². The van der Waals surface area contributed by atoms with Crippen LogP contribution < -0.4 is 11.1 Å². The molecule has 0 aliphatic heterocycles. The molecule has 0 saturated carbocycles. The van der Waals surface area contributed by atoms with Gasteiger partial charge in [-0.05, 0) is 23.8 Å². The topological polar surface area (TPSA) is 64.3 Å². The van der Waals surface area contributed by atoms with E-state index in [0.717, 1.165) is 0 Å². The average Bonchev–Trinajstić information content (AvgIpc) is 2.23. The molecule has 3 N–H and O–H groups in total. The highest BCUT2D eigenvalue weighted by Gasteiger charge is 2.10. The molecule has 0 saturated heterocycles. The molecule has 0 aromatic heterocycles. The Morgan fingerprint density at radius 1 is 1.62 bits per heavy atom. The number of hydrogen-bond acceptors (Lipinski definition) is 3. The van der Waals surface area contributed by atoms with Gasteiger partial charge >= 0.3 is 6.09 Å². The zero-order valence-corrected chi connectivity index (χ0v) is 10.3. The summed E-state index contributed by atoms with van der Waals surface area (Å²) < 4.78 is 18.1. The van der Waals surface area contributed by atoms with Gasteiger partial charge in [-0.3, -0.25) is 0 Å². The van der Waals surface area contributed by atoms with Crippen molar-refractivity contribution in [1.29, 1.82) is 0 Å². The first-order valence-electron chi connectivity index (χ1n) is 4.56. The van der Waals surface area contributed by atoms with Gasteiger partial charge in [0.2, 0.25) is 0 Å². The Balaban J connectivity index is 2.65. The Morgan fingerprint density at radius 3 is 2.88 bits per heavy atom. The van der Waals surface area contributed by atoms with Gasteiger partial charge in [0.25, 0.3) is 0 Å². The van der Waals surface area contributed by atoms with E-state index in [-0.39, 0.29) is 12.4 Å². The highest BCUT2D eigenvalue weighted by atomic mass is 79.9. The third-order valence-electron chi connectivity index (χ3n) is 1.96. The van der Waals surface area contributed by atoms with E-state index in [1.165, 1.54) is 19.2 Å². The van der Waals surface area contributed by atoms with Gasteiger partial charge in [0, 0.05) is 17.1 Å². The number of rotatable bonds is 3. The van der Waals surface area contributed by atoms with Gasteiger partial charge in [-0.25, -0.2) is 9.18 Å². The van der Waals surface area contributed by atoms with Crippen molar-refractivity contribution < 1.29 is 13.9 Å². The van der Waals surface area contributed by atoms with Gasteiger partial charge in [-0.15, -0.1) is 0 Å². The summed E-state index contributed by atoms with van der Waals surface area (Å²) in [6.45, 7) is 0.183. The molecule has 1 atom stereocenters. The molecule has 1 aromatic rings. The van der Waals surface area contributed by atoms with Crippen molar-refractivity contribution in [1.82, 2.24) is 5.32 Å². The van der Waals surface area contributed by atoms with Crippen LogP contribution in [0.3, 0.4) is 0 Å². The number of carbonyl (C=O) groups is 1. The number of nitrogens with two attached hydrogens (primary N) is 1. The number of alkyl carbamates (subject to hydrolysis) is 1. The predicted molar refractivity (Wildman–Crippen MR) is 61.4 cm³/mol. The molecule has 0 radical (unpaired) electrons. The minimum atomic E-state index is -0.564. The Hall–Kier alpha value is -1.14. The van der Waals surface area contributed by atoms with Crippen LogP contribution in [-0.4, -0.2) is 19.7 Å². The minimum Gasteiger partial charge on any atom is -0.453 e. The summed E-state index contributed by atoms with van der Waals surface area (Å²) in [6.07, 6.45) is -0.564. The first-order valence-corrected chi connectivity index (χ1v) is 5.35. The van der Waals surface area contributed by atoms with Crippen LogP contribution in [0.1, 0.15) is 11.6 Å².